The summed E-state index contributed by atoms with van der Waals surface area (Å²) in [6.45, 7) is 3.61. The van der Waals surface area contributed by atoms with E-state index in [0.717, 1.165) is 5.92 Å². The Labute approximate surface area is 75.0 Å². The van der Waals surface area contributed by atoms with Crippen molar-refractivity contribution in [3.05, 3.63) is 49.1 Å². The first kappa shape index (κ1) is 9.05. The Bertz CT molecular complexity index is 206. The molecule has 0 saturated heterocycles. The molecule has 0 aliphatic heterocycles. The van der Waals surface area contributed by atoms with E-state index >= 15 is 0 Å². The summed E-state index contributed by atoms with van der Waals surface area (Å²) in [5, 5.41) is 0. The molecular weight excluding hydrogens is 144 g/mol. The van der Waals surface area contributed by atoms with E-state index in [0.29, 0.717) is 0 Å². The lowest BCUT2D eigenvalue weighted by atomic mass is 9.94. The summed E-state index contributed by atoms with van der Waals surface area (Å²) in [6.07, 6.45) is 18.5. The lowest BCUT2D eigenvalue weighted by Gasteiger charge is -2.11. The van der Waals surface area contributed by atoms with Gasteiger partial charge in [0, 0.05) is 0 Å². The summed E-state index contributed by atoms with van der Waals surface area (Å²) in [6, 6.07) is 0. The fourth-order valence-corrected chi connectivity index (χ4v) is 1.36. The quantitative estimate of drug-likeness (QED) is 0.437. The van der Waals surface area contributed by atoms with Gasteiger partial charge < -0.3 is 0 Å². The number of hydrogen-bond donors (Lipinski definition) is 0. The highest BCUT2D eigenvalue weighted by Gasteiger charge is 2.03. The van der Waals surface area contributed by atoms with Crippen LogP contribution in [0.3, 0.4) is 0 Å². The van der Waals surface area contributed by atoms with Gasteiger partial charge in [-0.05, 0) is 25.2 Å². The van der Waals surface area contributed by atoms with E-state index in [2.05, 4.69) is 30.9 Å². The molecule has 0 nitrogen and oxygen atoms in total. The minimum atomic E-state index is 0.754. The molecule has 1 rings (SSSR count). The van der Waals surface area contributed by atoms with Gasteiger partial charge in [0.05, 0.1) is 0 Å². The Balaban J connectivity index is 2.29. The fraction of sp³-hybridized carbons (Fsp3) is 0.333. The van der Waals surface area contributed by atoms with Crippen LogP contribution in [-0.2, 0) is 0 Å². The average Bonchev–Trinajstić information content (AvgIpc) is 2.14. The Kier molecular flexibility index (Phi) is 4.22. The zero-order valence-corrected chi connectivity index (χ0v) is 7.45. The molecule has 0 heterocycles. The molecule has 64 valence electrons. The molecule has 1 aliphatic carbocycles. The summed E-state index contributed by atoms with van der Waals surface area (Å²) >= 11 is 0. The van der Waals surface area contributed by atoms with Crippen LogP contribution in [0.25, 0.3) is 0 Å². The second-order valence-electron chi connectivity index (χ2n) is 3.05. The Morgan fingerprint density at radius 3 is 2.75 bits per heavy atom. The predicted molar refractivity (Wildman–Crippen MR) is 55.0 cm³/mol. The van der Waals surface area contributed by atoms with Crippen molar-refractivity contribution >= 4 is 0 Å². The maximum absolute atomic E-state index is 3.61. The molecule has 0 aromatic carbocycles. The first-order valence-electron chi connectivity index (χ1n) is 4.54. The van der Waals surface area contributed by atoms with Crippen LogP contribution in [0.4, 0.5) is 0 Å². The van der Waals surface area contributed by atoms with Gasteiger partial charge in [0.2, 0.25) is 0 Å². The summed E-state index contributed by atoms with van der Waals surface area (Å²) in [4.78, 5) is 0. The third-order valence-corrected chi connectivity index (χ3v) is 2.05. The van der Waals surface area contributed by atoms with Crippen molar-refractivity contribution in [2.75, 3.05) is 0 Å². The molecule has 0 aromatic heterocycles. The van der Waals surface area contributed by atoms with Crippen molar-refractivity contribution in [3.8, 4) is 0 Å². The molecule has 0 spiro atoms. The van der Waals surface area contributed by atoms with E-state index in [4.69, 9.17) is 0 Å². The van der Waals surface area contributed by atoms with E-state index in [1.807, 2.05) is 12.2 Å². The van der Waals surface area contributed by atoms with Crippen LogP contribution in [0.2, 0.25) is 0 Å². The second-order valence-corrected chi connectivity index (χ2v) is 3.05. The summed E-state index contributed by atoms with van der Waals surface area (Å²) in [7, 11) is 0. The molecule has 0 heteroatoms. The molecule has 0 fully saturated rings. The maximum Gasteiger partial charge on any atom is -0.0193 e. The molecule has 0 saturated carbocycles. The zero-order valence-electron chi connectivity index (χ0n) is 7.45. The van der Waals surface area contributed by atoms with E-state index in [1.54, 1.807) is 6.08 Å². The third kappa shape index (κ3) is 3.38. The fourth-order valence-electron chi connectivity index (χ4n) is 1.36. The molecule has 1 aliphatic rings. The van der Waals surface area contributed by atoms with Gasteiger partial charge in [-0.1, -0.05) is 49.1 Å². The normalized spacial score (nSPS) is 23.8. The van der Waals surface area contributed by atoms with Gasteiger partial charge in [0.1, 0.15) is 0 Å². The lowest BCUT2D eigenvalue weighted by Crippen LogP contribution is -1.97. The van der Waals surface area contributed by atoms with Crippen LogP contribution in [0.15, 0.2) is 49.1 Å². The van der Waals surface area contributed by atoms with Gasteiger partial charge >= 0.3 is 0 Å². The highest BCUT2D eigenvalue weighted by molar-refractivity contribution is 5.11. The van der Waals surface area contributed by atoms with Crippen molar-refractivity contribution in [3.63, 3.8) is 0 Å². The van der Waals surface area contributed by atoms with Gasteiger partial charge in [-0.15, -0.1) is 0 Å². The van der Waals surface area contributed by atoms with Crippen molar-refractivity contribution in [2.24, 2.45) is 5.92 Å². The molecule has 0 radical (unpaired) electrons. The maximum atomic E-state index is 3.61. The van der Waals surface area contributed by atoms with Crippen LogP contribution >= 0.6 is 0 Å². The van der Waals surface area contributed by atoms with Crippen LogP contribution in [0.1, 0.15) is 19.3 Å². The number of rotatable bonds is 3. The van der Waals surface area contributed by atoms with Gasteiger partial charge in [-0.3, -0.25) is 0 Å². The molecule has 0 amide bonds. The second kappa shape index (κ2) is 5.59. The van der Waals surface area contributed by atoms with Gasteiger partial charge in [0.25, 0.3) is 0 Å². The highest BCUT2D eigenvalue weighted by Crippen LogP contribution is 2.18. The predicted octanol–water partition coefficient (Wildman–Crippen LogP) is 3.64. The van der Waals surface area contributed by atoms with Crippen molar-refractivity contribution in [2.45, 2.75) is 19.3 Å². The SMILES string of the molecule is C=C/C=C/C=C/[C@H]1CC=CCC1. The first-order valence-corrected chi connectivity index (χ1v) is 4.54. The van der Waals surface area contributed by atoms with Crippen LogP contribution in [-0.4, -0.2) is 0 Å². The number of hydrogen-bond acceptors (Lipinski definition) is 0. The molecular formula is C12H16. The van der Waals surface area contributed by atoms with Crippen molar-refractivity contribution < 1.29 is 0 Å². The monoisotopic (exact) mass is 160 g/mol. The molecule has 0 aromatic rings. The van der Waals surface area contributed by atoms with E-state index in [9.17, 15) is 0 Å². The average molecular weight is 160 g/mol. The minimum absolute atomic E-state index is 0.754. The van der Waals surface area contributed by atoms with Crippen LogP contribution in [0.5, 0.6) is 0 Å². The van der Waals surface area contributed by atoms with Crippen molar-refractivity contribution in [1.29, 1.82) is 0 Å². The summed E-state index contributed by atoms with van der Waals surface area (Å²) < 4.78 is 0. The summed E-state index contributed by atoms with van der Waals surface area (Å²) in [5.41, 5.74) is 0. The molecule has 12 heavy (non-hydrogen) atoms. The van der Waals surface area contributed by atoms with Crippen molar-refractivity contribution in [1.82, 2.24) is 0 Å². The van der Waals surface area contributed by atoms with Gasteiger partial charge in [-0.25, -0.2) is 0 Å². The standard InChI is InChI=1S/C12H16/c1-2-3-4-6-9-12-10-7-5-8-11-12/h2-7,9,12H,1,8,10-11H2/b4-3+,9-6+/t12-/m0/s1. The van der Waals surface area contributed by atoms with Crippen LogP contribution in [0, 0.1) is 5.92 Å². The molecule has 0 bridgehead atoms. The van der Waals surface area contributed by atoms with E-state index < -0.39 is 0 Å². The van der Waals surface area contributed by atoms with E-state index in [-0.39, 0.29) is 0 Å². The van der Waals surface area contributed by atoms with Gasteiger partial charge in [0.15, 0.2) is 0 Å². The summed E-state index contributed by atoms with van der Waals surface area (Å²) in [5.74, 6) is 0.754. The zero-order chi connectivity index (χ0) is 8.65. The topological polar surface area (TPSA) is 0 Å². The highest BCUT2D eigenvalue weighted by atomic mass is 14.1. The largest absolute Gasteiger partial charge is 0.0991 e. The van der Waals surface area contributed by atoms with E-state index in [1.165, 1.54) is 19.3 Å². The molecule has 1 atom stereocenters. The Morgan fingerprint density at radius 1 is 1.17 bits per heavy atom. The first-order chi connectivity index (χ1) is 5.93. The Hall–Kier alpha value is -1.04. The number of allylic oxidation sites excluding steroid dienone is 7. The van der Waals surface area contributed by atoms with Crippen LogP contribution < -0.4 is 0 Å². The lowest BCUT2D eigenvalue weighted by molar-refractivity contribution is 0.584. The third-order valence-electron chi connectivity index (χ3n) is 2.05. The van der Waals surface area contributed by atoms with Gasteiger partial charge in [-0.2, -0.15) is 0 Å². The smallest absolute Gasteiger partial charge is 0.0193 e. The Morgan fingerprint density at radius 2 is 2.08 bits per heavy atom. The molecule has 0 unspecified atom stereocenters. The molecule has 0 N–H and O–H groups in total. The minimum Gasteiger partial charge on any atom is -0.0991 e.